The summed E-state index contributed by atoms with van der Waals surface area (Å²) < 4.78 is 0. The van der Waals surface area contributed by atoms with Gasteiger partial charge in [-0.2, -0.15) is 0 Å². The molecule has 4 heteroatoms. The minimum absolute atomic E-state index is 0.218. The Morgan fingerprint density at radius 2 is 1.84 bits per heavy atom. The molecule has 1 N–H and O–H groups in total. The smallest absolute Gasteiger partial charge is 0.223 e. The number of hydrogen-bond acceptors (Lipinski definition) is 3. The zero-order valence-corrected chi connectivity index (χ0v) is 15.8. The molecule has 138 valence electrons. The Kier molecular flexibility index (Phi) is 6.35. The molecular formula is C21H33N3O. The van der Waals surface area contributed by atoms with E-state index in [1.54, 1.807) is 0 Å². The minimum atomic E-state index is 0.218. The molecule has 0 aromatic heterocycles. The van der Waals surface area contributed by atoms with Crippen LogP contribution in [0.3, 0.4) is 0 Å². The minimum Gasteiger partial charge on any atom is -0.371 e. The summed E-state index contributed by atoms with van der Waals surface area (Å²) in [4.78, 5) is 17.4. The van der Waals surface area contributed by atoms with Crippen LogP contribution >= 0.6 is 0 Å². The van der Waals surface area contributed by atoms with Crippen molar-refractivity contribution in [3.63, 3.8) is 0 Å². The number of carbonyl (C=O) groups is 1. The number of carbonyl (C=O) groups excluding carboxylic acids is 1. The predicted molar refractivity (Wildman–Crippen MR) is 104 cm³/mol. The number of anilines is 1. The molecule has 0 bridgehead atoms. The summed E-state index contributed by atoms with van der Waals surface area (Å²) in [5.74, 6) is 1.78. The normalized spacial score (nSPS) is 22.5. The van der Waals surface area contributed by atoms with Gasteiger partial charge in [-0.3, -0.25) is 4.79 Å². The van der Waals surface area contributed by atoms with Gasteiger partial charge in [-0.15, -0.1) is 0 Å². The molecule has 2 saturated heterocycles. The highest BCUT2D eigenvalue weighted by atomic mass is 16.1. The molecule has 0 radical (unpaired) electrons. The summed E-state index contributed by atoms with van der Waals surface area (Å²) in [6, 6.07) is 10.6. The van der Waals surface area contributed by atoms with E-state index < -0.39 is 0 Å². The van der Waals surface area contributed by atoms with Gasteiger partial charge in [0.25, 0.3) is 0 Å². The Hall–Kier alpha value is -1.55. The average molecular weight is 344 g/mol. The highest BCUT2D eigenvalue weighted by molar-refractivity contribution is 5.78. The third kappa shape index (κ3) is 5.21. The first-order valence-electron chi connectivity index (χ1n) is 9.92. The number of para-hydroxylation sites is 1. The van der Waals surface area contributed by atoms with Crippen LogP contribution in [0.5, 0.6) is 0 Å². The SMILES string of the molecule is CC(C)CN1CCC(C(=O)NC[C@H]2CCN(c3ccccc3)C2)CC1. The summed E-state index contributed by atoms with van der Waals surface area (Å²) in [5, 5.41) is 3.24. The fourth-order valence-electron chi connectivity index (χ4n) is 4.16. The molecule has 0 aliphatic carbocycles. The predicted octanol–water partition coefficient (Wildman–Crippen LogP) is 3.00. The summed E-state index contributed by atoms with van der Waals surface area (Å²) in [7, 11) is 0. The van der Waals surface area contributed by atoms with Crippen LogP contribution < -0.4 is 10.2 Å². The van der Waals surface area contributed by atoms with Gasteiger partial charge in [-0.05, 0) is 56.3 Å². The van der Waals surface area contributed by atoms with Crippen molar-refractivity contribution >= 4 is 11.6 Å². The highest BCUT2D eigenvalue weighted by Crippen LogP contribution is 2.23. The van der Waals surface area contributed by atoms with E-state index in [0.717, 1.165) is 52.1 Å². The monoisotopic (exact) mass is 343 g/mol. The van der Waals surface area contributed by atoms with Crippen LogP contribution in [-0.2, 0) is 4.79 Å². The van der Waals surface area contributed by atoms with Gasteiger partial charge >= 0.3 is 0 Å². The summed E-state index contributed by atoms with van der Waals surface area (Å²) in [5.41, 5.74) is 1.30. The maximum Gasteiger partial charge on any atom is 0.223 e. The zero-order chi connectivity index (χ0) is 17.6. The Morgan fingerprint density at radius 3 is 2.52 bits per heavy atom. The molecular weight excluding hydrogens is 310 g/mol. The number of piperidine rings is 1. The summed E-state index contributed by atoms with van der Waals surface area (Å²) in [6.45, 7) is 10.8. The van der Waals surface area contributed by atoms with E-state index in [9.17, 15) is 4.79 Å². The lowest BCUT2D eigenvalue weighted by atomic mass is 9.95. The first-order valence-corrected chi connectivity index (χ1v) is 9.92. The number of likely N-dealkylation sites (tertiary alicyclic amines) is 1. The molecule has 25 heavy (non-hydrogen) atoms. The molecule has 2 fully saturated rings. The highest BCUT2D eigenvalue weighted by Gasteiger charge is 2.27. The van der Waals surface area contributed by atoms with Crippen LogP contribution in [0.1, 0.15) is 33.1 Å². The number of rotatable bonds is 6. The summed E-state index contributed by atoms with van der Waals surface area (Å²) >= 11 is 0. The molecule has 3 rings (SSSR count). The second kappa shape index (κ2) is 8.70. The van der Waals surface area contributed by atoms with Crippen molar-refractivity contribution in [2.24, 2.45) is 17.8 Å². The molecule has 1 amide bonds. The number of benzene rings is 1. The lowest BCUT2D eigenvalue weighted by Crippen LogP contribution is -2.42. The van der Waals surface area contributed by atoms with Crippen LogP contribution in [0.15, 0.2) is 30.3 Å². The van der Waals surface area contributed by atoms with Gasteiger partial charge in [0, 0.05) is 37.8 Å². The van der Waals surface area contributed by atoms with Gasteiger partial charge in [0.2, 0.25) is 5.91 Å². The maximum atomic E-state index is 12.5. The lowest BCUT2D eigenvalue weighted by molar-refractivity contribution is -0.126. The van der Waals surface area contributed by atoms with Crippen LogP contribution in [0.25, 0.3) is 0 Å². The van der Waals surface area contributed by atoms with Crippen LogP contribution in [0.4, 0.5) is 5.69 Å². The van der Waals surface area contributed by atoms with Crippen molar-refractivity contribution < 1.29 is 4.79 Å². The number of amides is 1. The first-order chi connectivity index (χ1) is 12.1. The van der Waals surface area contributed by atoms with Crippen molar-refractivity contribution in [1.29, 1.82) is 0 Å². The van der Waals surface area contributed by atoms with Crippen molar-refractivity contribution in [1.82, 2.24) is 10.2 Å². The lowest BCUT2D eigenvalue weighted by Gasteiger charge is -2.32. The van der Waals surface area contributed by atoms with E-state index in [2.05, 4.69) is 59.3 Å². The Morgan fingerprint density at radius 1 is 1.12 bits per heavy atom. The van der Waals surface area contributed by atoms with E-state index in [4.69, 9.17) is 0 Å². The Balaban J connectivity index is 1.37. The average Bonchev–Trinajstić information content (AvgIpc) is 3.10. The molecule has 1 aromatic carbocycles. The van der Waals surface area contributed by atoms with Crippen molar-refractivity contribution in [2.45, 2.75) is 33.1 Å². The molecule has 1 atom stereocenters. The van der Waals surface area contributed by atoms with Gasteiger partial charge in [-0.1, -0.05) is 32.0 Å². The second-order valence-electron chi connectivity index (χ2n) is 8.15. The van der Waals surface area contributed by atoms with E-state index in [1.807, 2.05) is 0 Å². The molecule has 0 saturated carbocycles. The zero-order valence-electron chi connectivity index (χ0n) is 15.8. The van der Waals surface area contributed by atoms with Gasteiger partial charge in [0.05, 0.1) is 0 Å². The van der Waals surface area contributed by atoms with Gasteiger partial charge < -0.3 is 15.1 Å². The number of hydrogen-bond donors (Lipinski definition) is 1. The van der Waals surface area contributed by atoms with E-state index in [-0.39, 0.29) is 11.8 Å². The molecule has 4 nitrogen and oxygen atoms in total. The van der Waals surface area contributed by atoms with E-state index >= 15 is 0 Å². The molecule has 1 aromatic rings. The Labute approximate surface area is 152 Å². The van der Waals surface area contributed by atoms with E-state index in [1.165, 1.54) is 12.1 Å². The molecule has 2 aliphatic heterocycles. The largest absolute Gasteiger partial charge is 0.371 e. The molecule has 0 spiro atoms. The Bertz CT molecular complexity index is 537. The van der Waals surface area contributed by atoms with Gasteiger partial charge in [0.1, 0.15) is 0 Å². The second-order valence-corrected chi connectivity index (χ2v) is 8.15. The third-order valence-corrected chi connectivity index (χ3v) is 5.55. The first kappa shape index (κ1) is 18.2. The van der Waals surface area contributed by atoms with Crippen molar-refractivity contribution in [3.05, 3.63) is 30.3 Å². The fourth-order valence-corrected chi connectivity index (χ4v) is 4.16. The molecule has 2 heterocycles. The van der Waals surface area contributed by atoms with Crippen LogP contribution in [-0.4, -0.2) is 50.1 Å². The van der Waals surface area contributed by atoms with Gasteiger partial charge in [-0.25, -0.2) is 0 Å². The van der Waals surface area contributed by atoms with Crippen LogP contribution in [0.2, 0.25) is 0 Å². The molecule has 0 unspecified atom stereocenters. The number of nitrogens with one attached hydrogen (secondary N) is 1. The van der Waals surface area contributed by atoms with Crippen molar-refractivity contribution in [2.75, 3.05) is 44.2 Å². The topological polar surface area (TPSA) is 35.6 Å². The van der Waals surface area contributed by atoms with E-state index in [0.29, 0.717) is 11.8 Å². The fraction of sp³-hybridized carbons (Fsp3) is 0.667. The van der Waals surface area contributed by atoms with Gasteiger partial charge in [0.15, 0.2) is 0 Å². The standard InChI is InChI=1S/C21H33N3O/c1-17(2)15-23-11-9-19(10-12-23)21(25)22-14-18-8-13-24(16-18)20-6-4-3-5-7-20/h3-7,17-19H,8-16H2,1-2H3,(H,22,25)/t18-/m1/s1. The maximum absolute atomic E-state index is 12.5. The third-order valence-electron chi connectivity index (χ3n) is 5.55. The van der Waals surface area contributed by atoms with Crippen molar-refractivity contribution in [3.8, 4) is 0 Å². The van der Waals surface area contributed by atoms with Crippen LogP contribution in [0, 0.1) is 17.8 Å². The quantitative estimate of drug-likeness (QED) is 0.862. The molecule has 2 aliphatic rings. The summed E-state index contributed by atoms with van der Waals surface area (Å²) in [6.07, 6.45) is 3.20. The number of nitrogens with zero attached hydrogens (tertiary/aromatic N) is 2.